The first-order valence-corrected chi connectivity index (χ1v) is 8.70. The second-order valence-corrected chi connectivity index (χ2v) is 6.25. The van der Waals surface area contributed by atoms with Gasteiger partial charge in [0.1, 0.15) is 5.03 Å². The van der Waals surface area contributed by atoms with Crippen molar-refractivity contribution in [2.45, 2.75) is 17.7 Å². The Morgan fingerprint density at radius 2 is 2.08 bits per heavy atom. The van der Waals surface area contributed by atoms with E-state index in [9.17, 15) is 4.79 Å². The smallest absolute Gasteiger partial charge is 0.359 e. The topological polar surface area (TPSA) is 57.0 Å². The first-order valence-electron chi connectivity index (χ1n) is 7.72. The standard InChI is InChI=1S/C18H15N3O2S/c1-2-23-18(22)15-14-11-24-17-13(9-6-10-19-17)16(14)21(20-15)12-7-4-3-5-8-12/h3-10H,2,11H2,1H3. The molecular formula is C18H15N3O2S. The number of rotatable bonds is 3. The highest BCUT2D eigenvalue weighted by molar-refractivity contribution is 7.98. The third kappa shape index (κ3) is 2.39. The molecule has 6 heteroatoms. The number of aromatic nitrogens is 3. The number of fused-ring (bicyclic) bond motifs is 3. The molecule has 0 radical (unpaired) electrons. The van der Waals surface area contributed by atoms with E-state index < -0.39 is 0 Å². The van der Waals surface area contributed by atoms with Crippen LogP contribution in [0.4, 0.5) is 0 Å². The lowest BCUT2D eigenvalue weighted by Crippen LogP contribution is -2.08. The van der Waals surface area contributed by atoms with Crippen molar-refractivity contribution in [2.24, 2.45) is 0 Å². The van der Waals surface area contributed by atoms with Crippen molar-refractivity contribution in [3.05, 3.63) is 59.9 Å². The normalized spacial score (nSPS) is 12.4. The molecule has 0 unspecified atom stereocenters. The second kappa shape index (κ2) is 6.13. The van der Waals surface area contributed by atoms with Gasteiger partial charge in [-0.15, -0.1) is 11.8 Å². The van der Waals surface area contributed by atoms with Crippen molar-refractivity contribution in [3.8, 4) is 16.9 Å². The summed E-state index contributed by atoms with van der Waals surface area (Å²) in [6.07, 6.45) is 1.78. The Morgan fingerprint density at radius 1 is 1.25 bits per heavy atom. The number of pyridine rings is 1. The molecule has 0 amide bonds. The minimum atomic E-state index is -0.378. The van der Waals surface area contributed by atoms with E-state index >= 15 is 0 Å². The molecule has 1 aliphatic rings. The molecule has 5 nitrogen and oxygen atoms in total. The molecule has 4 rings (SSSR count). The van der Waals surface area contributed by atoms with Gasteiger partial charge in [-0.2, -0.15) is 5.10 Å². The minimum Gasteiger partial charge on any atom is -0.461 e. The zero-order valence-corrected chi connectivity index (χ0v) is 13.9. The van der Waals surface area contributed by atoms with Gasteiger partial charge in [-0.1, -0.05) is 18.2 Å². The lowest BCUT2D eigenvalue weighted by atomic mass is 10.1. The van der Waals surface area contributed by atoms with Crippen molar-refractivity contribution in [3.63, 3.8) is 0 Å². The molecule has 0 N–H and O–H groups in total. The van der Waals surface area contributed by atoms with Crippen LogP contribution in [-0.4, -0.2) is 27.3 Å². The van der Waals surface area contributed by atoms with Crippen LogP contribution in [0.3, 0.4) is 0 Å². The molecule has 0 spiro atoms. The molecule has 24 heavy (non-hydrogen) atoms. The summed E-state index contributed by atoms with van der Waals surface area (Å²) in [4.78, 5) is 16.8. The van der Waals surface area contributed by atoms with Gasteiger partial charge in [-0.05, 0) is 31.2 Å². The number of benzene rings is 1. The number of thioether (sulfide) groups is 1. The number of nitrogens with zero attached hydrogens (tertiary/aromatic N) is 3. The van der Waals surface area contributed by atoms with Gasteiger partial charge in [0.25, 0.3) is 0 Å². The number of para-hydroxylation sites is 1. The lowest BCUT2D eigenvalue weighted by Gasteiger charge is -2.17. The number of carbonyl (C=O) groups excluding carboxylic acids is 1. The third-order valence-corrected chi connectivity index (χ3v) is 4.86. The van der Waals surface area contributed by atoms with Crippen LogP contribution in [0.2, 0.25) is 0 Å². The average Bonchev–Trinajstić information content (AvgIpc) is 3.03. The van der Waals surface area contributed by atoms with E-state index in [-0.39, 0.29) is 5.97 Å². The van der Waals surface area contributed by atoms with Gasteiger partial charge in [-0.3, -0.25) is 0 Å². The van der Waals surface area contributed by atoms with Gasteiger partial charge in [0.15, 0.2) is 5.69 Å². The summed E-state index contributed by atoms with van der Waals surface area (Å²) in [5.41, 5.74) is 4.12. The molecule has 1 aromatic carbocycles. The van der Waals surface area contributed by atoms with Crippen molar-refractivity contribution < 1.29 is 9.53 Å². The van der Waals surface area contributed by atoms with Gasteiger partial charge in [-0.25, -0.2) is 14.5 Å². The van der Waals surface area contributed by atoms with Gasteiger partial charge in [0.05, 0.1) is 18.0 Å². The highest BCUT2D eigenvalue weighted by Gasteiger charge is 2.30. The fraction of sp³-hybridized carbons (Fsp3) is 0.167. The summed E-state index contributed by atoms with van der Waals surface area (Å²) in [5.74, 6) is 0.275. The Hall–Kier alpha value is -2.60. The summed E-state index contributed by atoms with van der Waals surface area (Å²) >= 11 is 1.62. The number of ether oxygens (including phenoxy) is 1. The maximum Gasteiger partial charge on any atom is 0.359 e. The van der Waals surface area contributed by atoms with Crippen molar-refractivity contribution in [1.29, 1.82) is 0 Å². The quantitative estimate of drug-likeness (QED) is 0.682. The number of esters is 1. The maximum absolute atomic E-state index is 12.4. The predicted octanol–water partition coefficient (Wildman–Crippen LogP) is 3.72. The summed E-state index contributed by atoms with van der Waals surface area (Å²) in [7, 11) is 0. The van der Waals surface area contributed by atoms with Gasteiger partial charge < -0.3 is 4.74 Å². The van der Waals surface area contributed by atoms with Crippen molar-refractivity contribution in [2.75, 3.05) is 6.61 Å². The van der Waals surface area contributed by atoms with Crippen LogP contribution in [0.1, 0.15) is 23.0 Å². The van der Waals surface area contributed by atoms with E-state index in [1.165, 1.54) is 0 Å². The van der Waals surface area contributed by atoms with Gasteiger partial charge in [0, 0.05) is 23.1 Å². The largest absolute Gasteiger partial charge is 0.461 e. The van der Waals surface area contributed by atoms with Crippen molar-refractivity contribution >= 4 is 17.7 Å². The monoisotopic (exact) mass is 337 g/mol. The molecule has 3 aromatic rings. The second-order valence-electron chi connectivity index (χ2n) is 5.29. The average molecular weight is 337 g/mol. The molecule has 0 fully saturated rings. The van der Waals surface area contributed by atoms with Crippen molar-refractivity contribution in [1.82, 2.24) is 14.8 Å². The Balaban J connectivity index is 1.97. The van der Waals surface area contributed by atoms with E-state index in [2.05, 4.69) is 10.1 Å². The SMILES string of the molecule is CCOC(=O)c1nn(-c2ccccc2)c2c1CSc1ncccc1-2. The number of hydrogen-bond acceptors (Lipinski definition) is 5. The third-order valence-electron chi connectivity index (χ3n) is 3.83. The fourth-order valence-corrected chi connectivity index (χ4v) is 3.82. The predicted molar refractivity (Wildman–Crippen MR) is 92.3 cm³/mol. The van der Waals surface area contributed by atoms with Crippen LogP contribution in [0.25, 0.3) is 16.9 Å². The molecule has 0 saturated heterocycles. The molecule has 0 saturated carbocycles. The lowest BCUT2D eigenvalue weighted by molar-refractivity contribution is 0.0518. The zero-order valence-electron chi connectivity index (χ0n) is 13.1. The summed E-state index contributed by atoms with van der Waals surface area (Å²) in [5, 5.41) is 5.54. The van der Waals surface area contributed by atoms with E-state index in [1.807, 2.05) is 47.1 Å². The summed E-state index contributed by atoms with van der Waals surface area (Å²) in [6.45, 7) is 2.13. The summed E-state index contributed by atoms with van der Waals surface area (Å²) < 4.78 is 7.01. The highest BCUT2D eigenvalue weighted by Crippen LogP contribution is 2.42. The van der Waals surface area contributed by atoms with Crippen LogP contribution >= 0.6 is 11.8 Å². The Kier molecular flexibility index (Phi) is 3.82. The Labute approximate surface area is 143 Å². The van der Waals surface area contributed by atoms with Gasteiger partial charge in [0.2, 0.25) is 0 Å². The Bertz CT molecular complexity index is 906. The minimum absolute atomic E-state index is 0.330. The van der Waals surface area contributed by atoms with E-state index in [4.69, 9.17) is 4.74 Å². The first kappa shape index (κ1) is 15.0. The van der Waals surface area contributed by atoms with Crippen LogP contribution in [-0.2, 0) is 10.5 Å². The fourth-order valence-electron chi connectivity index (χ4n) is 2.81. The van der Waals surface area contributed by atoms with Crippen LogP contribution in [0.5, 0.6) is 0 Å². The van der Waals surface area contributed by atoms with Crippen LogP contribution in [0.15, 0.2) is 53.7 Å². The Morgan fingerprint density at radius 3 is 2.88 bits per heavy atom. The molecule has 0 bridgehead atoms. The van der Waals surface area contributed by atoms with Crippen LogP contribution in [0, 0.1) is 0 Å². The maximum atomic E-state index is 12.4. The molecular weight excluding hydrogens is 322 g/mol. The summed E-state index contributed by atoms with van der Waals surface area (Å²) in [6, 6.07) is 13.7. The van der Waals surface area contributed by atoms with E-state index in [0.717, 1.165) is 27.5 Å². The molecule has 0 aliphatic carbocycles. The van der Waals surface area contributed by atoms with E-state index in [0.29, 0.717) is 18.1 Å². The number of carbonyl (C=O) groups is 1. The molecule has 1 aliphatic heterocycles. The molecule has 120 valence electrons. The molecule has 2 aromatic heterocycles. The van der Waals surface area contributed by atoms with Crippen LogP contribution < -0.4 is 0 Å². The highest BCUT2D eigenvalue weighted by atomic mass is 32.2. The number of hydrogen-bond donors (Lipinski definition) is 0. The van der Waals surface area contributed by atoms with E-state index in [1.54, 1.807) is 24.9 Å². The zero-order chi connectivity index (χ0) is 16.5. The van der Waals surface area contributed by atoms with Gasteiger partial charge >= 0.3 is 5.97 Å². The first-order chi connectivity index (χ1) is 11.8. The molecule has 3 heterocycles. The molecule has 0 atom stereocenters.